The van der Waals surface area contributed by atoms with Crippen LogP contribution in [0, 0.1) is 0 Å². The van der Waals surface area contributed by atoms with E-state index in [1.54, 1.807) is 35.4 Å². The molecule has 8 nitrogen and oxygen atoms in total. The van der Waals surface area contributed by atoms with Crippen LogP contribution >= 0.6 is 0 Å². The molecular weight excluding hydrogens is 330 g/mol. The minimum Gasteiger partial charge on any atom is -0.347 e. The van der Waals surface area contributed by atoms with Gasteiger partial charge in [-0.05, 0) is 37.1 Å². The van der Waals surface area contributed by atoms with Gasteiger partial charge in [-0.3, -0.25) is 4.79 Å². The van der Waals surface area contributed by atoms with Gasteiger partial charge in [-0.1, -0.05) is 12.2 Å². The number of pyridine rings is 1. The van der Waals surface area contributed by atoms with Crippen LogP contribution in [0.4, 0.5) is 0 Å². The van der Waals surface area contributed by atoms with Gasteiger partial charge in [-0.2, -0.15) is 5.10 Å². The first-order valence-electron chi connectivity index (χ1n) is 8.26. The monoisotopic (exact) mass is 347 g/mol. The molecule has 4 heterocycles. The largest absolute Gasteiger partial charge is 0.347 e. The minimum absolute atomic E-state index is 0.0389. The van der Waals surface area contributed by atoms with E-state index in [-0.39, 0.29) is 17.8 Å². The van der Waals surface area contributed by atoms with Crippen molar-refractivity contribution in [1.82, 2.24) is 34.9 Å². The maximum atomic E-state index is 12.3. The number of aromatic nitrogens is 6. The van der Waals surface area contributed by atoms with E-state index in [0.717, 1.165) is 16.7 Å². The lowest BCUT2D eigenvalue weighted by molar-refractivity contribution is 0.0931. The molecule has 0 saturated carbocycles. The van der Waals surface area contributed by atoms with E-state index in [2.05, 4.69) is 30.4 Å². The summed E-state index contributed by atoms with van der Waals surface area (Å²) < 4.78 is 1.71. The molecule has 4 aromatic rings. The maximum absolute atomic E-state index is 12.3. The second-order valence-corrected chi connectivity index (χ2v) is 5.99. The number of nitrogens with zero attached hydrogens (tertiary/aromatic N) is 5. The van der Waals surface area contributed by atoms with Crippen molar-refractivity contribution in [3.05, 3.63) is 60.5 Å². The molecule has 26 heavy (non-hydrogen) atoms. The molecule has 0 aliphatic heterocycles. The van der Waals surface area contributed by atoms with E-state index in [1.165, 1.54) is 0 Å². The number of carbonyl (C=O) groups is 1. The number of imidazole rings is 2. The molecule has 0 aliphatic rings. The van der Waals surface area contributed by atoms with Gasteiger partial charge in [-0.15, -0.1) is 0 Å². The zero-order chi connectivity index (χ0) is 17.9. The summed E-state index contributed by atoms with van der Waals surface area (Å²) in [4.78, 5) is 27.8. The van der Waals surface area contributed by atoms with Gasteiger partial charge < -0.3 is 10.3 Å². The van der Waals surface area contributed by atoms with Crippen LogP contribution < -0.4 is 5.32 Å². The molecule has 0 fully saturated rings. The molecule has 0 aromatic carbocycles. The van der Waals surface area contributed by atoms with Crippen molar-refractivity contribution in [1.29, 1.82) is 0 Å². The third-order valence-corrected chi connectivity index (χ3v) is 3.93. The van der Waals surface area contributed by atoms with Gasteiger partial charge in [0.15, 0.2) is 17.1 Å². The first-order chi connectivity index (χ1) is 12.7. The van der Waals surface area contributed by atoms with Crippen molar-refractivity contribution >= 4 is 28.8 Å². The smallest absolute Gasteiger partial charge is 0.287 e. The predicted molar refractivity (Wildman–Crippen MR) is 97.5 cm³/mol. The second kappa shape index (κ2) is 6.75. The van der Waals surface area contributed by atoms with Crippen LogP contribution in [0.5, 0.6) is 0 Å². The molecule has 4 rings (SSSR count). The van der Waals surface area contributed by atoms with Gasteiger partial charge in [0.05, 0.1) is 11.7 Å². The van der Waals surface area contributed by atoms with E-state index in [1.807, 2.05) is 31.2 Å². The Bertz CT molecular complexity index is 1060. The highest BCUT2D eigenvalue weighted by Crippen LogP contribution is 2.09. The van der Waals surface area contributed by atoms with Crippen molar-refractivity contribution in [2.75, 3.05) is 0 Å². The molecule has 130 valence electrons. The summed E-state index contributed by atoms with van der Waals surface area (Å²) >= 11 is 0. The molecule has 0 spiro atoms. The summed E-state index contributed by atoms with van der Waals surface area (Å²) in [6.45, 7) is 1.94. The summed E-state index contributed by atoms with van der Waals surface area (Å²) in [5.74, 6) is 0.0212. The summed E-state index contributed by atoms with van der Waals surface area (Å²) in [6.07, 6.45) is 11.6. The molecule has 0 radical (unpaired) electrons. The van der Waals surface area contributed by atoms with Crippen LogP contribution in [-0.4, -0.2) is 41.5 Å². The molecule has 4 aromatic heterocycles. The van der Waals surface area contributed by atoms with Crippen LogP contribution in [-0.2, 0) is 0 Å². The number of fused-ring (bicyclic) bond motifs is 2. The lowest BCUT2D eigenvalue weighted by Gasteiger charge is -2.10. The van der Waals surface area contributed by atoms with Gasteiger partial charge in [0.1, 0.15) is 0 Å². The van der Waals surface area contributed by atoms with Crippen molar-refractivity contribution in [2.24, 2.45) is 0 Å². The highest BCUT2D eigenvalue weighted by atomic mass is 16.2. The Hall–Kier alpha value is -3.55. The van der Waals surface area contributed by atoms with Crippen LogP contribution in [0.3, 0.4) is 0 Å². The highest BCUT2D eigenvalue weighted by Gasteiger charge is 2.13. The molecule has 1 atom stereocenters. The van der Waals surface area contributed by atoms with Gasteiger partial charge >= 0.3 is 0 Å². The fourth-order valence-corrected chi connectivity index (χ4v) is 2.63. The zero-order valence-corrected chi connectivity index (χ0v) is 14.1. The topological polar surface area (TPSA) is 101 Å². The van der Waals surface area contributed by atoms with E-state index in [0.29, 0.717) is 12.1 Å². The van der Waals surface area contributed by atoms with Crippen molar-refractivity contribution < 1.29 is 4.79 Å². The fraction of sp³-hybridized carbons (Fsp3) is 0.167. The predicted octanol–water partition coefficient (Wildman–Crippen LogP) is 2.22. The number of nitrogens with one attached hydrogen (secondary N) is 2. The van der Waals surface area contributed by atoms with E-state index < -0.39 is 0 Å². The van der Waals surface area contributed by atoms with Crippen LogP contribution in [0.1, 0.15) is 29.5 Å². The van der Waals surface area contributed by atoms with Gasteiger partial charge in [-0.25, -0.2) is 19.5 Å². The molecule has 0 bridgehead atoms. The maximum Gasteiger partial charge on any atom is 0.287 e. The van der Waals surface area contributed by atoms with Crippen molar-refractivity contribution in [3.8, 4) is 0 Å². The standard InChI is InChI=1S/C18H17N7O/c1-12(4-2-5-13-10-15-19-8-9-25(15)21-11-13)22-18(26)17-23-14-6-3-7-20-16(14)24-17/h2-3,5-12H,4H2,1H3,(H,22,26)(H,20,23,24)/b5-2+/t12-/m0/s1. The Balaban J connectivity index is 1.36. The number of hydrogen-bond donors (Lipinski definition) is 2. The fourth-order valence-electron chi connectivity index (χ4n) is 2.63. The first-order valence-corrected chi connectivity index (χ1v) is 8.26. The van der Waals surface area contributed by atoms with Crippen LogP contribution in [0.15, 0.2) is 49.1 Å². The van der Waals surface area contributed by atoms with Gasteiger partial charge in [0, 0.05) is 24.6 Å². The van der Waals surface area contributed by atoms with Crippen LogP contribution in [0.25, 0.3) is 22.9 Å². The normalized spacial score (nSPS) is 12.8. The Labute approximate surface area is 149 Å². The lowest BCUT2D eigenvalue weighted by Crippen LogP contribution is -2.32. The van der Waals surface area contributed by atoms with Gasteiger partial charge in [0.2, 0.25) is 0 Å². The highest BCUT2D eigenvalue weighted by molar-refractivity contribution is 5.93. The minimum atomic E-state index is -0.246. The number of rotatable bonds is 5. The molecule has 2 N–H and O–H groups in total. The van der Waals surface area contributed by atoms with Crippen molar-refractivity contribution in [3.63, 3.8) is 0 Å². The lowest BCUT2D eigenvalue weighted by atomic mass is 10.2. The van der Waals surface area contributed by atoms with E-state index >= 15 is 0 Å². The molecule has 8 heteroatoms. The summed E-state index contributed by atoms with van der Waals surface area (Å²) in [6, 6.07) is 5.55. The molecule has 0 saturated heterocycles. The summed E-state index contributed by atoms with van der Waals surface area (Å²) in [7, 11) is 0. The number of hydrogen-bond acceptors (Lipinski definition) is 5. The Morgan fingerprint density at radius 1 is 1.38 bits per heavy atom. The van der Waals surface area contributed by atoms with Crippen molar-refractivity contribution in [2.45, 2.75) is 19.4 Å². The number of amides is 1. The third kappa shape index (κ3) is 3.30. The van der Waals surface area contributed by atoms with Gasteiger partial charge in [0.25, 0.3) is 5.91 Å². The Kier molecular flexibility index (Phi) is 4.14. The molecule has 0 aliphatic carbocycles. The second-order valence-electron chi connectivity index (χ2n) is 5.99. The average molecular weight is 347 g/mol. The first kappa shape index (κ1) is 15.9. The molecule has 0 unspecified atom stereocenters. The summed E-state index contributed by atoms with van der Waals surface area (Å²) in [5, 5.41) is 7.19. The van der Waals surface area contributed by atoms with E-state index in [4.69, 9.17) is 0 Å². The SMILES string of the molecule is C[C@@H](C/C=C/c1cnn2ccnc2c1)NC(=O)c1nc2ncccc2[nH]1. The third-order valence-electron chi connectivity index (χ3n) is 3.93. The summed E-state index contributed by atoms with van der Waals surface area (Å²) in [5.41, 5.74) is 3.04. The number of H-pyrrole nitrogens is 1. The molecular formula is C18H17N7O. The molecule has 1 amide bonds. The number of carbonyl (C=O) groups excluding carboxylic acids is 1. The Morgan fingerprint density at radius 2 is 2.31 bits per heavy atom. The number of aromatic amines is 1. The Morgan fingerprint density at radius 3 is 3.19 bits per heavy atom. The van der Waals surface area contributed by atoms with Crippen LogP contribution in [0.2, 0.25) is 0 Å². The zero-order valence-electron chi connectivity index (χ0n) is 14.1. The quantitative estimate of drug-likeness (QED) is 0.576. The van der Waals surface area contributed by atoms with E-state index in [9.17, 15) is 4.79 Å². The average Bonchev–Trinajstić information content (AvgIpc) is 3.27.